The van der Waals surface area contributed by atoms with E-state index in [4.69, 9.17) is 10.8 Å². The fourth-order valence-corrected chi connectivity index (χ4v) is 0.589. The van der Waals surface area contributed by atoms with Gasteiger partial charge in [-0.15, -0.1) is 0 Å². The summed E-state index contributed by atoms with van der Waals surface area (Å²) in [6.07, 6.45) is 4.81. The maximum absolute atomic E-state index is 9.15. The van der Waals surface area contributed by atoms with Crippen LogP contribution in [0.5, 0.6) is 0 Å². The lowest BCUT2D eigenvalue weighted by Crippen LogP contribution is -2.04. The van der Waals surface area contributed by atoms with Crippen LogP contribution in [0.2, 0.25) is 0 Å². The van der Waals surface area contributed by atoms with Gasteiger partial charge < -0.3 is 10.8 Å². The molecule has 0 aromatic heterocycles. The third-order valence-electron chi connectivity index (χ3n) is 1.17. The Hall–Kier alpha value is -1.02. The van der Waals surface area contributed by atoms with Gasteiger partial charge in [-0.05, 0) is 13.0 Å². The summed E-state index contributed by atoms with van der Waals surface area (Å²) in [5.74, 6) is 0.194. The molecule has 0 atom stereocenters. The molecule has 0 unspecified atom stereocenters. The van der Waals surface area contributed by atoms with Gasteiger partial charge in [0.1, 0.15) is 5.76 Å². The number of aliphatic hydroxyl groups excluding tert-OH is 1. The summed E-state index contributed by atoms with van der Waals surface area (Å²) in [5, 5.41) is 9.15. The lowest BCUT2D eigenvalue weighted by Gasteiger charge is -1.99. The first-order valence-electron chi connectivity index (χ1n) is 3.13. The van der Waals surface area contributed by atoms with Gasteiger partial charge in [-0.1, -0.05) is 18.7 Å². The number of allylic oxidation sites excluding steroid dienone is 3. The van der Waals surface area contributed by atoms with Crippen molar-refractivity contribution in [3.05, 3.63) is 36.1 Å². The molecule has 0 aromatic rings. The molecule has 10 heavy (non-hydrogen) atoms. The molecule has 0 aliphatic carbocycles. The van der Waals surface area contributed by atoms with Gasteiger partial charge in [0.15, 0.2) is 0 Å². The van der Waals surface area contributed by atoms with Crippen LogP contribution in [0.1, 0.15) is 6.92 Å². The smallest absolute Gasteiger partial charge is 0.119 e. The molecule has 0 aliphatic heterocycles. The first-order chi connectivity index (χ1) is 4.76. The maximum Gasteiger partial charge on any atom is 0.119 e. The summed E-state index contributed by atoms with van der Waals surface area (Å²) < 4.78 is 0. The molecule has 0 spiro atoms. The van der Waals surface area contributed by atoms with Crippen LogP contribution in [0.15, 0.2) is 36.1 Å². The van der Waals surface area contributed by atoms with E-state index in [-0.39, 0.29) is 5.76 Å². The highest BCUT2D eigenvalue weighted by Crippen LogP contribution is 2.03. The van der Waals surface area contributed by atoms with E-state index in [1.165, 1.54) is 12.2 Å². The summed E-state index contributed by atoms with van der Waals surface area (Å²) in [6, 6.07) is 0. The molecule has 56 valence electrons. The predicted octanol–water partition coefficient (Wildman–Crippen LogP) is 1.52. The van der Waals surface area contributed by atoms with E-state index in [9.17, 15) is 0 Å². The molecule has 0 rings (SSSR count). The van der Waals surface area contributed by atoms with Crippen LogP contribution in [-0.2, 0) is 0 Å². The summed E-state index contributed by atoms with van der Waals surface area (Å²) in [4.78, 5) is 0. The number of nitrogens with two attached hydrogens (primary N) is 1. The third kappa shape index (κ3) is 2.51. The first-order valence-corrected chi connectivity index (χ1v) is 3.13. The molecule has 0 aliphatic rings. The second-order valence-corrected chi connectivity index (χ2v) is 1.81. The summed E-state index contributed by atoms with van der Waals surface area (Å²) in [7, 11) is 0. The van der Waals surface area contributed by atoms with E-state index in [0.29, 0.717) is 6.54 Å². The van der Waals surface area contributed by atoms with Gasteiger partial charge in [0.2, 0.25) is 0 Å². The Labute approximate surface area is 61.4 Å². The topological polar surface area (TPSA) is 46.2 Å². The molecule has 0 fully saturated rings. The van der Waals surface area contributed by atoms with E-state index < -0.39 is 0 Å². The maximum atomic E-state index is 9.15. The molecule has 0 aromatic carbocycles. The Morgan fingerprint density at radius 3 is 2.60 bits per heavy atom. The quantitative estimate of drug-likeness (QED) is 0.460. The van der Waals surface area contributed by atoms with Crippen LogP contribution < -0.4 is 5.73 Å². The van der Waals surface area contributed by atoms with Crippen molar-refractivity contribution >= 4 is 0 Å². The van der Waals surface area contributed by atoms with Gasteiger partial charge >= 0.3 is 0 Å². The van der Waals surface area contributed by atoms with Crippen LogP contribution in [0.4, 0.5) is 0 Å². The normalized spacial score (nSPS) is 13.4. The molecule has 0 radical (unpaired) electrons. The zero-order valence-electron chi connectivity index (χ0n) is 6.17. The second kappa shape index (κ2) is 4.82. The number of aliphatic hydroxyl groups is 1. The monoisotopic (exact) mass is 139 g/mol. The number of hydrogen-bond donors (Lipinski definition) is 2. The summed E-state index contributed by atoms with van der Waals surface area (Å²) in [6.45, 7) is 5.63. The molecule has 0 amide bonds. The van der Waals surface area contributed by atoms with Crippen molar-refractivity contribution in [3.63, 3.8) is 0 Å². The molecule has 0 saturated heterocycles. The zero-order chi connectivity index (χ0) is 7.98. The van der Waals surface area contributed by atoms with Crippen LogP contribution in [0, 0.1) is 0 Å². The minimum Gasteiger partial charge on any atom is -0.508 e. The van der Waals surface area contributed by atoms with Crippen LogP contribution in [0.25, 0.3) is 0 Å². The van der Waals surface area contributed by atoms with Crippen molar-refractivity contribution in [1.29, 1.82) is 0 Å². The lowest BCUT2D eigenvalue weighted by atomic mass is 10.2. The van der Waals surface area contributed by atoms with Crippen molar-refractivity contribution < 1.29 is 5.11 Å². The Morgan fingerprint density at radius 1 is 1.70 bits per heavy atom. The van der Waals surface area contributed by atoms with Crippen LogP contribution in [-0.4, -0.2) is 11.7 Å². The van der Waals surface area contributed by atoms with Gasteiger partial charge in [0.05, 0.1) is 0 Å². The Bertz CT molecular complexity index is 168. The average molecular weight is 139 g/mol. The lowest BCUT2D eigenvalue weighted by molar-refractivity contribution is 0.421. The molecule has 2 nitrogen and oxygen atoms in total. The minimum absolute atomic E-state index is 0.194. The van der Waals surface area contributed by atoms with Crippen molar-refractivity contribution in [2.75, 3.05) is 6.54 Å². The Morgan fingerprint density at radius 2 is 2.30 bits per heavy atom. The Balaban J connectivity index is 4.30. The van der Waals surface area contributed by atoms with Crippen LogP contribution >= 0.6 is 0 Å². The van der Waals surface area contributed by atoms with E-state index in [2.05, 4.69) is 6.58 Å². The molecular formula is C8H13NO. The van der Waals surface area contributed by atoms with Gasteiger partial charge in [0.25, 0.3) is 0 Å². The molecule has 0 heterocycles. The molecule has 2 heteroatoms. The number of hydrogen-bond acceptors (Lipinski definition) is 2. The predicted molar refractivity (Wildman–Crippen MR) is 43.7 cm³/mol. The third-order valence-corrected chi connectivity index (χ3v) is 1.17. The highest BCUT2D eigenvalue weighted by molar-refractivity contribution is 5.27. The molecule has 0 saturated carbocycles. The van der Waals surface area contributed by atoms with Gasteiger partial charge in [-0.3, -0.25) is 0 Å². The van der Waals surface area contributed by atoms with Gasteiger partial charge in [0, 0.05) is 12.1 Å². The van der Waals surface area contributed by atoms with E-state index in [1.54, 1.807) is 6.08 Å². The van der Waals surface area contributed by atoms with E-state index in [1.807, 2.05) is 6.92 Å². The molecular weight excluding hydrogens is 126 g/mol. The summed E-state index contributed by atoms with van der Waals surface area (Å²) >= 11 is 0. The zero-order valence-corrected chi connectivity index (χ0v) is 6.17. The second-order valence-electron chi connectivity index (χ2n) is 1.81. The van der Waals surface area contributed by atoms with Crippen molar-refractivity contribution in [3.8, 4) is 0 Å². The minimum atomic E-state index is 0.194. The first kappa shape index (κ1) is 8.98. The van der Waals surface area contributed by atoms with Gasteiger partial charge in [-0.25, -0.2) is 0 Å². The molecule has 3 N–H and O–H groups in total. The fraction of sp³-hybridized carbons (Fsp3) is 0.250. The Kier molecular flexibility index (Phi) is 4.33. The average Bonchev–Trinajstić information content (AvgIpc) is 1.91. The van der Waals surface area contributed by atoms with Crippen molar-refractivity contribution in [2.45, 2.75) is 6.92 Å². The molecule has 0 bridgehead atoms. The van der Waals surface area contributed by atoms with E-state index >= 15 is 0 Å². The van der Waals surface area contributed by atoms with E-state index in [0.717, 1.165) is 5.57 Å². The highest BCUT2D eigenvalue weighted by Gasteiger charge is 1.95. The van der Waals surface area contributed by atoms with Crippen molar-refractivity contribution in [2.24, 2.45) is 5.73 Å². The van der Waals surface area contributed by atoms with Crippen molar-refractivity contribution in [1.82, 2.24) is 0 Å². The SMILES string of the molecule is C=C/C=C(O)\C(=C/C)CN. The number of rotatable bonds is 3. The summed E-state index contributed by atoms with van der Waals surface area (Å²) in [5.41, 5.74) is 6.05. The van der Waals surface area contributed by atoms with Gasteiger partial charge in [-0.2, -0.15) is 0 Å². The standard InChI is InChI=1S/C8H13NO/c1-3-5-8(10)7(4-2)6-9/h3-5,10H,1,6,9H2,2H3/b7-4-,8-5+. The fourth-order valence-electron chi connectivity index (χ4n) is 0.589. The largest absolute Gasteiger partial charge is 0.508 e. The van der Waals surface area contributed by atoms with Crippen LogP contribution in [0.3, 0.4) is 0 Å². The highest BCUT2D eigenvalue weighted by atomic mass is 16.3.